The smallest absolute Gasteiger partial charge is 0.325 e. The van der Waals surface area contributed by atoms with E-state index < -0.39 is 0 Å². The molecule has 0 aliphatic rings. The van der Waals surface area contributed by atoms with E-state index in [9.17, 15) is 28.8 Å². The van der Waals surface area contributed by atoms with Gasteiger partial charge in [-0.15, -0.1) is 0 Å². The molecule has 0 aliphatic heterocycles. The van der Waals surface area contributed by atoms with Crippen molar-refractivity contribution < 1.29 is 200 Å². The molecule has 0 fully saturated rings. The molecule has 36 nitrogen and oxygen atoms in total. The number of quaternary nitrogens is 6. The van der Waals surface area contributed by atoms with Crippen molar-refractivity contribution in [3.8, 4) is 0 Å². The van der Waals surface area contributed by atoms with Crippen molar-refractivity contribution in [2.24, 2.45) is 64.4 Å². The third-order valence-corrected chi connectivity index (χ3v) is 11.6. The SMILES string of the molecule is CNC(=O)/C(=N/CCNCCN)[N+](C)(C)C.CNC(=O)/C(=N/CCNCCN)[N+](C)(C)C.CNC(=O)/C(=N/CCNCCN)[N+](C)(C)C.CNC(=O)/C(=N/CCNCCN)[N+](C)(C)C.CNC(=O)/C(=N/CCNCCN)[N+](C)(C)C.CNC(=O)/C(=N/CCNCCN)[N+](C)(C)C.[I-].[I-].[I-].[I-].[I-].[I-]. The zero-order valence-corrected chi connectivity index (χ0v) is 79.5. The summed E-state index contributed by atoms with van der Waals surface area (Å²) in [7, 11) is 44.2. The van der Waals surface area contributed by atoms with Gasteiger partial charge in [0.25, 0.3) is 35.0 Å². The molecular weight excluding hydrogens is 2000 g/mol. The van der Waals surface area contributed by atoms with E-state index in [2.05, 4.69) is 93.8 Å². The number of amides is 6. The molecular formula is C60H144I6N30O6. The van der Waals surface area contributed by atoms with Gasteiger partial charge in [0.2, 0.25) is 0 Å². The van der Waals surface area contributed by atoms with Gasteiger partial charge in [-0.05, 0) is 0 Å². The van der Waals surface area contributed by atoms with Gasteiger partial charge in [0.15, 0.2) is 0 Å². The van der Waals surface area contributed by atoms with Gasteiger partial charge in [0, 0.05) is 160 Å². The maximum Gasteiger partial charge on any atom is 0.325 e. The number of aliphatic imine (C=N–C) groups is 6. The Hall–Kier alpha value is -1.50. The molecule has 42 heteroatoms. The molecule has 0 unspecified atom stereocenters. The number of likely N-dealkylation sites (N-methyl/N-ethyl adjacent to an activating group) is 12. The Balaban J connectivity index is -0.0000000942. The number of amidine groups is 6. The summed E-state index contributed by atoms with van der Waals surface area (Å²) >= 11 is 0. The maximum atomic E-state index is 11.6. The van der Waals surface area contributed by atoms with Crippen LogP contribution >= 0.6 is 0 Å². The molecule has 0 atom stereocenters. The van der Waals surface area contributed by atoms with E-state index in [1.165, 1.54) is 0 Å². The minimum Gasteiger partial charge on any atom is -1.00 e. The van der Waals surface area contributed by atoms with Crippen LogP contribution in [-0.2, 0) is 28.8 Å². The van der Waals surface area contributed by atoms with Crippen LogP contribution in [0, 0.1) is 0 Å². The van der Waals surface area contributed by atoms with Gasteiger partial charge < -0.3 is 242 Å². The van der Waals surface area contributed by atoms with E-state index in [1.54, 1.807) is 42.3 Å². The lowest BCUT2D eigenvalue weighted by atomic mass is 10.4. The summed E-state index contributed by atoms with van der Waals surface area (Å²) < 4.78 is 2.48. The summed E-state index contributed by atoms with van der Waals surface area (Å²) in [6.45, 7) is 16.2. The van der Waals surface area contributed by atoms with Crippen LogP contribution in [0.15, 0.2) is 30.0 Å². The second kappa shape index (κ2) is 76.3. The molecule has 0 rings (SSSR count). The van der Waals surface area contributed by atoms with Crippen LogP contribution < -0.4 is 242 Å². The predicted molar refractivity (Wildman–Crippen MR) is 398 cm³/mol. The third-order valence-electron chi connectivity index (χ3n) is 11.6. The Bertz CT molecular complexity index is 1900. The number of carbonyl (C=O) groups is 6. The van der Waals surface area contributed by atoms with Gasteiger partial charge in [0.05, 0.1) is 166 Å². The highest BCUT2D eigenvalue weighted by atomic mass is 127. The highest BCUT2D eigenvalue weighted by molar-refractivity contribution is 6.36. The minimum atomic E-state index is -0.133. The first-order valence-electron chi connectivity index (χ1n) is 32.5. The number of carbonyl (C=O) groups excluding carboxylic acids is 6. The van der Waals surface area contributed by atoms with Crippen LogP contribution in [0.1, 0.15) is 0 Å². The topological polar surface area (TPSA) is 477 Å². The number of nitrogens with two attached hydrogens (primary N) is 6. The molecule has 0 aromatic heterocycles. The second-order valence-corrected chi connectivity index (χ2v) is 26.0. The average Bonchev–Trinajstić information content (AvgIpc) is 0.925. The number of rotatable bonds is 30. The predicted octanol–water partition coefficient (Wildman–Crippen LogP) is -27.7. The highest BCUT2D eigenvalue weighted by Crippen LogP contribution is 2.01. The average molecular weight is 2140 g/mol. The van der Waals surface area contributed by atoms with Crippen LogP contribution in [0.2, 0.25) is 0 Å². The first-order chi connectivity index (χ1) is 44.6. The Kier molecular flexibility index (Phi) is 95.0. The van der Waals surface area contributed by atoms with E-state index in [0.29, 0.717) is 140 Å². The Morgan fingerprint density at radius 1 is 0.216 bits per heavy atom. The quantitative estimate of drug-likeness (QED) is 0.0104. The number of hydrogen-bond donors (Lipinski definition) is 18. The zero-order valence-electron chi connectivity index (χ0n) is 66.5. The van der Waals surface area contributed by atoms with E-state index >= 15 is 0 Å². The van der Waals surface area contributed by atoms with Gasteiger partial charge in [-0.2, -0.15) is 0 Å². The molecule has 6 amide bonds. The Labute approximate surface area is 717 Å². The molecule has 0 aliphatic carbocycles. The van der Waals surface area contributed by atoms with Crippen LogP contribution in [0.25, 0.3) is 0 Å². The third kappa shape index (κ3) is 74.0. The lowest BCUT2D eigenvalue weighted by molar-refractivity contribution is -0.774. The fourth-order valence-electron chi connectivity index (χ4n) is 7.01. The maximum absolute atomic E-state index is 11.6. The van der Waals surface area contributed by atoms with E-state index in [4.69, 9.17) is 34.4 Å². The van der Waals surface area contributed by atoms with E-state index in [-0.39, 0.29) is 179 Å². The standard InChI is InChI=1S/6C10H23N5O.6HI/c6*1-12-10(16)9(15(2,3)4)14-8-7-13-6-5-11;;;;;;/h6*13H,5-8,11H2,1-4H3;6*1H/b6*14-9-;;;;;;. The van der Waals surface area contributed by atoms with E-state index in [1.807, 2.05) is 127 Å². The number of hydrogen-bond acceptors (Lipinski definition) is 24. The molecule has 0 saturated carbocycles. The first kappa shape index (κ1) is 127. The summed E-state index contributed by atoms with van der Waals surface area (Å²) in [6.07, 6.45) is 0. The molecule has 0 saturated heterocycles. The van der Waals surface area contributed by atoms with Gasteiger partial charge >= 0.3 is 35.4 Å². The van der Waals surface area contributed by atoms with Crippen molar-refractivity contribution in [1.29, 1.82) is 0 Å². The van der Waals surface area contributed by atoms with Crippen LogP contribution in [-0.4, -0.2) is 424 Å². The van der Waals surface area contributed by atoms with Crippen LogP contribution in [0.3, 0.4) is 0 Å². The largest absolute Gasteiger partial charge is 1.00 e. The van der Waals surface area contributed by atoms with Crippen molar-refractivity contribution in [3.05, 3.63) is 0 Å². The monoisotopic (exact) mass is 2140 g/mol. The first-order valence-corrected chi connectivity index (χ1v) is 32.5. The van der Waals surface area contributed by atoms with Gasteiger partial charge in [-0.1, -0.05) is 0 Å². The fraction of sp³-hybridized carbons (Fsp3) is 0.800. The van der Waals surface area contributed by atoms with Gasteiger partial charge in [-0.3, -0.25) is 55.7 Å². The fourth-order valence-corrected chi connectivity index (χ4v) is 7.01. The normalized spacial score (nSPS) is 11.9. The Morgan fingerprint density at radius 3 is 0.382 bits per heavy atom. The summed E-state index contributed by atoms with van der Waals surface area (Å²) in [5.74, 6) is 2.35. The van der Waals surface area contributed by atoms with Crippen LogP contribution in [0.5, 0.6) is 0 Å². The molecule has 0 spiro atoms. The summed E-state index contributed by atoms with van der Waals surface area (Å²) in [5, 5.41) is 34.4. The van der Waals surface area contributed by atoms with Crippen molar-refractivity contribution in [2.75, 3.05) is 326 Å². The molecule has 24 N–H and O–H groups in total. The van der Waals surface area contributed by atoms with Crippen molar-refractivity contribution in [3.63, 3.8) is 0 Å². The molecule has 0 heterocycles. The van der Waals surface area contributed by atoms with Crippen molar-refractivity contribution >= 4 is 70.5 Å². The van der Waals surface area contributed by atoms with Gasteiger partial charge in [0.1, 0.15) is 0 Å². The van der Waals surface area contributed by atoms with Crippen LogP contribution in [0.4, 0.5) is 0 Å². The number of nitrogens with zero attached hydrogens (tertiary/aromatic N) is 12. The zero-order chi connectivity index (χ0) is 75.6. The Morgan fingerprint density at radius 2 is 0.314 bits per heavy atom. The molecule has 0 bridgehead atoms. The molecule has 0 aromatic rings. The summed E-state index contributed by atoms with van der Waals surface area (Å²) in [4.78, 5) is 95.4. The lowest BCUT2D eigenvalue weighted by Gasteiger charge is -2.23. The van der Waals surface area contributed by atoms with Crippen molar-refractivity contribution in [2.45, 2.75) is 0 Å². The summed E-state index contributed by atoms with van der Waals surface area (Å²) in [5.41, 5.74) is 32.1. The highest BCUT2D eigenvalue weighted by Gasteiger charge is 2.30. The molecule has 102 heavy (non-hydrogen) atoms. The minimum absolute atomic E-state index is 0. The number of halogens is 6. The second-order valence-electron chi connectivity index (χ2n) is 26.0. The lowest BCUT2D eigenvalue weighted by Crippen LogP contribution is -3.00. The van der Waals surface area contributed by atoms with Gasteiger partial charge in [-0.25, -0.2) is 30.0 Å². The molecule has 612 valence electrons. The number of nitrogens with one attached hydrogen (secondary N) is 12. The summed E-state index contributed by atoms with van der Waals surface area (Å²) in [6, 6.07) is 0. The van der Waals surface area contributed by atoms with E-state index in [0.717, 1.165) is 78.5 Å². The van der Waals surface area contributed by atoms with Crippen molar-refractivity contribution in [1.82, 2.24) is 63.8 Å². The molecule has 0 aromatic carbocycles. The molecule has 0 radical (unpaired) electrons.